The molecule has 1 N–H and O–H groups in total. The highest BCUT2D eigenvalue weighted by molar-refractivity contribution is 5.93. The van der Waals surface area contributed by atoms with Crippen molar-refractivity contribution in [3.8, 4) is 23.1 Å². The van der Waals surface area contributed by atoms with Crippen LogP contribution in [-0.2, 0) is 15.7 Å². The van der Waals surface area contributed by atoms with E-state index < -0.39 is 11.7 Å². The Morgan fingerprint density at radius 1 is 1.15 bits per heavy atom. The summed E-state index contributed by atoms with van der Waals surface area (Å²) >= 11 is 0. The zero-order valence-electron chi connectivity index (χ0n) is 18.6. The van der Waals surface area contributed by atoms with Crippen molar-refractivity contribution in [2.75, 3.05) is 25.1 Å². The van der Waals surface area contributed by atoms with E-state index in [2.05, 4.69) is 15.4 Å². The molecule has 10 heteroatoms. The second kappa shape index (κ2) is 10.3. The molecule has 1 aliphatic carbocycles. The maximum Gasteiger partial charge on any atom is 0.416 e. The van der Waals surface area contributed by atoms with Crippen LogP contribution in [0.2, 0.25) is 0 Å². The topological polar surface area (TPSA) is 78.3 Å². The van der Waals surface area contributed by atoms with Gasteiger partial charge in [0.25, 0.3) is 0 Å². The number of anilines is 1. The van der Waals surface area contributed by atoms with Crippen LogP contribution < -0.4 is 10.1 Å². The van der Waals surface area contributed by atoms with Crippen molar-refractivity contribution in [3.05, 3.63) is 54.1 Å². The van der Waals surface area contributed by atoms with Gasteiger partial charge in [0.1, 0.15) is 6.61 Å². The molecule has 0 saturated heterocycles. The van der Waals surface area contributed by atoms with Gasteiger partial charge in [0.05, 0.1) is 17.9 Å². The fourth-order valence-corrected chi connectivity index (χ4v) is 3.49. The number of nitrogens with one attached hydrogen (secondary N) is 1. The minimum atomic E-state index is -4.49. The highest BCUT2D eigenvalue weighted by Gasteiger charge is 2.31. The van der Waals surface area contributed by atoms with Crippen molar-refractivity contribution in [1.29, 1.82) is 0 Å². The average molecular weight is 474 g/mol. The fraction of sp³-hybridized carbons (Fsp3) is 0.375. The third kappa shape index (κ3) is 5.56. The molecule has 1 saturated carbocycles. The SMILES string of the molecule is CCOCCOc1nc(-c2cccc(C(F)(F)F)c2)n(-c2ccc(NC(=O)C3CCC3)cc2)n1. The van der Waals surface area contributed by atoms with Crippen LogP contribution >= 0.6 is 0 Å². The van der Waals surface area contributed by atoms with Crippen LogP contribution in [-0.4, -0.2) is 40.5 Å². The molecule has 0 bridgehead atoms. The second-order valence-corrected chi connectivity index (χ2v) is 7.92. The van der Waals surface area contributed by atoms with Gasteiger partial charge < -0.3 is 14.8 Å². The largest absolute Gasteiger partial charge is 0.460 e. The van der Waals surface area contributed by atoms with Crippen LogP contribution in [0.1, 0.15) is 31.7 Å². The third-order valence-electron chi connectivity index (χ3n) is 5.55. The summed E-state index contributed by atoms with van der Waals surface area (Å²) in [6.07, 6.45) is -1.63. The second-order valence-electron chi connectivity index (χ2n) is 7.92. The quantitative estimate of drug-likeness (QED) is 0.436. The molecule has 1 aromatic heterocycles. The zero-order chi connectivity index (χ0) is 24.1. The molecule has 3 aromatic rings. The number of halogens is 3. The first-order valence-corrected chi connectivity index (χ1v) is 11.1. The molecular weight excluding hydrogens is 449 g/mol. The van der Waals surface area contributed by atoms with E-state index in [1.54, 1.807) is 24.3 Å². The van der Waals surface area contributed by atoms with Gasteiger partial charge in [0, 0.05) is 23.8 Å². The summed E-state index contributed by atoms with van der Waals surface area (Å²) in [4.78, 5) is 16.5. The van der Waals surface area contributed by atoms with Crippen molar-refractivity contribution < 1.29 is 27.4 Å². The Bertz CT molecular complexity index is 1130. The lowest BCUT2D eigenvalue weighted by Crippen LogP contribution is -2.27. The molecule has 0 spiro atoms. The Hall–Kier alpha value is -3.40. The predicted molar refractivity (Wildman–Crippen MR) is 120 cm³/mol. The lowest BCUT2D eigenvalue weighted by atomic mass is 9.85. The third-order valence-corrected chi connectivity index (χ3v) is 5.55. The molecule has 1 aliphatic rings. The molecule has 0 radical (unpaired) electrons. The molecule has 34 heavy (non-hydrogen) atoms. The first kappa shape index (κ1) is 23.7. The molecule has 0 aliphatic heterocycles. The van der Waals surface area contributed by atoms with Crippen LogP contribution in [0.15, 0.2) is 48.5 Å². The number of alkyl halides is 3. The van der Waals surface area contributed by atoms with Gasteiger partial charge in [-0.2, -0.15) is 18.2 Å². The molecule has 1 fully saturated rings. The Labute approximate surface area is 194 Å². The van der Waals surface area contributed by atoms with Gasteiger partial charge in [-0.25, -0.2) is 4.68 Å². The van der Waals surface area contributed by atoms with Crippen molar-refractivity contribution in [2.45, 2.75) is 32.4 Å². The van der Waals surface area contributed by atoms with E-state index in [1.807, 2.05) is 6.92 Å². The predicted octanol–water partition coefficient (Wildman–Crippen LogP) is 5.11. The van der Waals surface area contributed by atoms with E-state index in [0.717, 1.165) is 31.4 Å². The molecule has 2 aromatic carbocycles. The minimum Gasteiger partial charge on any atom is -0.460 e. The molecule has 1 amide bonds. The van der Waals surface area contributed by atoms with Crippen molar-refractivity contribution >= 4 is 11.6 Å². The van der Waals surface area contributed by atoms with Gasteiger partial charge >= 0.3 is 12.2 Å². The van der Waals surface area contributed by atoms with Crippen LogP contribution in [0.4, 0.5) is 18.9 Å². The van der Waals surface area contributed by atoms with Gasteiger partial charge in [0.15, 0.2) is 5.82 Å². The maximum atomic E-state index is 13.3. The standard InChI is InChI=1S/C24H25F3N4O3/c1-2-33-13-14-34-23-29-21(17-7-4-8-18(15-17)24(25,26)27)31(30-23)20-11-9-19(10-12-20)28-22(32)16-5-3-6-16/h4,7-12,15-16H,2-3,5-6,13-14H2,1H3,(H,28,32). The van der Waals surface area contributed by atoms with Gasteiger partial charge in [-0.15, -0.1) is 5.10 Å². The summed E-state index contributed by atoms with van der Waals surface area (Å²) in [6.45, 7) is 2.92. The van der Waals surface area contributed by atoms with Gasteiger partial charge in [-0.3, -0.25) is 4.79 Å². The number of carbonyl (C=O) groups is 1. The maximum absolute atomic E-state index is 13.3. The Morgan fingerprint density at radius 2 is 1.91 bits per heavy atom. The molecule has 7 nitrogen and oxygen atoms in total. The summed E-state index contributed by atoms with van der Waals surface area (Å²) in [5, 5.41) is 7.24. The van der Waals surface area contributed by atoms with Crippen molar-refractivity contribution in [2.24, 2.45) is 5.92 Å². The summed E-state index contributed by atoms with van der Waals surface area (Å²) in [7, 11) is 0. The van der Waals surface area contributed by atoms with Crippen molar-refractivity contribution in [3.63, 3.8) is 0 Å². The number of amides is 1. The summed E-state index contributed by atoms with van der Waals surface area (Å²) in [5.41, 5.74) is 0.646. The van der Waals surface area contributed by atoms with Gasteiger partial charge in [-0.1, -0.05) is 18.6 Å². The zero-order valence-corrected chi connectivity index (χ0v) is 18.6. The Balaban J connectivity index is 1.62. The minimum absolute atomic E-state index is 0.00519. The van der Waals surface area contributed by atoms with Gasteiger partial charge in [0.2, 0.25) is 5.91 Å². The average Bonchev–Trinajstić information content (AvgIpc) is 3.20. The number of rotatable bonds is 9. The Morgan fingerprint density at radius 3 is 2.56 bits per heavy atom. The molecule has 180 valence electrons. The number of ether oxygens (including phenoxy) is 2. The number of hydrogen-bond acceptors (Lipinski definition) is 5. The number of nitrogens with zero attached hydrogens (tertiary/aromatic N) is 3. The number of carbonyl (C=O) groups excluding carboxylic acids is 1. The highest BCUT2D eigenvalue weighted by atomic mass is 19.4. The monoisotopic (exact) mass is 474 g/mol. The number of benzene rings is 2. The lowest BCUT2D eigenvalue weighted by molar-refractivity contribution is -0.137. The van der Waals surface area contributed by atoms with Crippen LogP contribution in [0.3, 0.4) is 0 Å². The lowest BCUT2D eigenvalue weighted by Gasteiger charge is -2.24. The fourth-order valence-electron chi connectivity index (χ4n) is 3.49. The van der Waals surface area contributed by atoms with Crippen molar-refractivity contribution in [1.82, 2.24) is 14.8 Å². The molecule has 0 atom stereocenters. The van der Waals surface area contributed by atoms with Crippen LogP contribution in [0.5, 0.6) is 6.01 Å². The van der Waals surface area contributed by atoms with E-state index in [-0.39, 0.29) is 35.8 Å². The summed E-state index contributed by atoms with van der Waals surface area (Å²) < 4.78 is 52.0. The molecule has 4 rings (SSSR count). The number of aromatic nitrogens is 3. The van der Waals surface area contributed by atoms with E-state index in [0.29, 0.717) is 24.6 Å². The van der Waals surface area contributed by atoms with Gasteiger partial charge in [-0.05, 0) is 56.2 Å². The van der Waals surface area contributed by atoms with E-state index in [9.17, 15) is 18.0 Å². The molecular formula is C24H25F3N4O3. The van der Waals surface area contributed by atoms with E-state index >= 15 is 0 Å². The first-order chi connectivity index (χ1) is 16.3. The van der Waals surface area contributed by atoms with Crippen LogP contribution in [0, 0.1) is 5.92 Å². The molecule has 0 unspecified atom stereocenters. The smallest absolute Gasteiger partial charge is 0.416 e. The summed E-state index contributed by atoms with van der Waals surface area (Å²) in [5.74, 6) is 0.247. The van der Waals surface area contributed by atoms with Crippen LogP contribution in [0.25, 0.3) is 17.1 Å². The normalized spacial score (nSPS) is 14.0. The Kier molecular flexibility index (Phi) is 7.16. The summed E-state index contributed by atoms with van der Waals surface area (Å²) in [6, 6.07) is 11.8. The molecule has 1 heterocycles. The highest BCUT2D eigenvalue weighted by Crippen LogP contribution is 2.33. The number of hydrogen-bond donors (Lipinski definition) is 1. The first-order valence-electron chi connectivity index (χ1n) is 11.1. The van der Waals surface area contributed by atoms with E-state index in [1.165, 1.54) is 16.8 Å². The van der Waals surface area contributed by atoms with E-state index in [4.69, 9.17) is 9.47 Å².